The van der Waals surface area contributed by atoms with Gasteiger partial charge in [0, 0.05) is 24.4 Å². The van der Waals surface area contributed by atoms with Crippen LogP contribution in [0.25, 0.3) is 16.7 Å². The number of pyridine rings is 1. The molecule has 4 aromatic heterocycles. The van der Waals surface area contributed by atoms with E-state index in [0.717, 1.165) is 24.9 Å². The number of carbonyl (C=O) groups is 1. The highest BCUT2D eigenvalue weighted by molar-refractivity contribution is 6.01. The van der Waals surface area contributed by atoms with Crippen LogP contribution in [0.3, 0.4) is 0 Å². The summed E-state index contributed by atoms with van der Waals surface area (Å²) in [5.41, 5.74) is 2.81. The number of likely N-dealkylation sites (tertiary alicyclic amines) is 1. The van der Waals surface area contributed by atoms with Crippen molar-refractivity contribution >= 4 is 40.0 Å². The number of aromatic nitrogens is 7. The summed E-state index contributed by atoms with van der Waals surface area (Å²) in [5, 5.41) is 9.75. The summed E-state index contributed by atoms with van der Waals surface area (Å²) in [7, 11) is 3.44. The highest BCUT2D eigenvalue weighted by Gasteiger charge is 2.22. The predicted molar refractivity (Wildman–Crippen MR) is 153 cm³/mol. The number of nitrogens with zero attached hydrogens (tertiary/aromatic N) is 8. The Bertz CT molecular complexity index is 1830. The topological polar surface area (TPSA) is 145 Å². The molecule has 1 amide bonds. The number of anilines is 3. The molecule has 13 nitrogen and oxygen atoms in total. The first kappa shape index (κ1) is 27.0. The molecule has 1 aromatic carbocycles. The van der Waals surface area contributed by atoms with Gasteiger partial charge in [0.15, 0.2) is 17.3 Å². The number of benzene rings is 1. The van der Waals surface area contributed by atoms with Crippen LogP contribution < -0.4 is 20.1 Å². The molecule has 0 radical (unpaired) electrons. The van der Waals surface area contributed by atoms with Crippen LogP contribution in [0, 0.1) is 6.92 Å². The van der Waals surface area contributed by atoms with E-state index >= 15 is 0 Å². The second kappa shape index (κ2) is 11.3. The maximum Gasteiger partial charge on any atom is 0.286 e. The van der Waals surface area contributed by atoms with Gasteiger partial charge in [0.05, 0.1) is 19.0 Å². The quantitative estimate of drug-likeness (QED) is 0.259. The van der Waals surface area contributed by atoms with E-state index in [1.807, 2.05) is 24.9 Å². The van der Waals surface area contributed by atoms with Crippen LogP contribution in [0.15, 0.2) is 61.2 Å². The van der Waals surface area contributed by atoms with Crippen molar-refractivity contribution in [3.8, 4) is 17.2 Å². The lowest BCUT2D eigenvalue weighted by Gasteiger charge is -2.16. The van der Waals surface area contributed by atoms with Gasteiger partial charge in [-0.2, -0.15) is 5.10 Å². The molecule has 0 bridgehead atoms. The van der Waals surface area contributed by atoms with Gasteiger partial charge in [0.2, 0.25) is 5.95 Å². The molecule has 1 atom stereocenters. The zero-order valence-electron chi connectivity index (χ0n) is 23.1. The molecule has 42 heavy (non-hydrogen) atoms. The van der Waals surface area contributed by atoms with Gasteiger partial charge < -0.3 is 14.8 Å². The summed E-state index contributed by atoms with van der Waals surface area (Å²) in [4.78, 5) is 35.8. The van der Waals surface area contributed by atoms with Crippen LogP contribution in [0.1, 0.15) is 18.4 Å². The van der Waals surface area contributed by atoms with Crippen LogP contribution in [0.2, 0.25) is 0 Å². The molecule has 1 aliphatic heterocycles. The number of carbonyl (C=O) groups excluding carboxylic acids is 1. The third-order valence-electron chi connectivity index (χ3n) is 6.97. The number of hydrogen-bond acceptors (Lipinski definition) is 11. The van der Waals surface area contributed by atoms with Crippen LogP contribution in [0.4, 0.5) is 21.8 Å². The number of nitrogens with one attached hydrogen (secondary N) is 2. The SMILES string of the molecule is COc1cc(Oc2ccn3ncnc3c2)c(C)cc1Nc1ncnc2cnc(NC(=O)/C(F)=C\[C@H]3CCCN3C)nc12. The number of aryl methyl sites for hydroxylation is 1. The first-order valence-corrected chi connectivity index (χ1v) is 13.2. The van der Waals surface area contributed by atoms with Gasteiger partial charge in [-0.15, -0.1) is 0 Å². The minimum atomic E-state index is -0.919. The molecule has 0 aliphatic carbocycles. The van der Waals surface area contributed by atoms with Crippen molar-refractivity contribution in [2.75, 3.05) is 31.3 Å². The summed E-state index contributed by atoms with van der Waals surface area (Å²) >= 11 is 0. The highest BCUT2D eigenvalue weighted by Crippen LogP contribution is 2.37. The lowest BCUT2D eigenvalue weighted by atomic mass is 10.1. The Morgan fingerprint density at radius 2 is 2.02 bits per heavy atom. The number of likely N-dealkylation sites (N-methyl/N-ethyl adjacent to an activating group) is 1. The number of fused-ring (bicyclic) bond motifs is 2. The monoisotopic (exact) mass is 570 g/mol. The van der Waals surface area contributed by atoms with Crippen molar-refractivity contribution < 1.29 is 18.7 Å². The van der Waals surface area contributed by atoms with Gasteiger partial charge >= 0.3 is 0 Å². The van der Waals surface area contributed by atoms with E-state index in [-0.39, 0.29) is 12.0 Å². The number of halogens is 1. The molecule has 14 heteroatoms. The number of methoxy groups -OCH3 is 1. The normalized spacial score (nSPS) is 15.7. The minimum absolute atomic E-state index is 0.0785. The van der Waals surface area contributed by atoms with Gasteiger partial charge in [0.25, 0.3) is 5.91 Å². The fourth-order valence-corrected chi connectivity index (χ4v) is 4.72. The van der Waals surface area contributed by atoms with Crippen molar-refractivity contribution in [1.29, 1.82) is 0 Å². The van der Waals surface area contributed by atoms with E-state index in [2.05, 4.69) is 40.7 Å². The van der Waals surface area contributed by atoms with E-state index < -0.39 is 11.7 Å². The second-order valence-corrected chi connectivity index (χ2v) is 9.78. The molecule has 2 N–H and O–H groups in total. The van der Waals surface area contributed by atoms with Crippen LogP contribution in [-0.4, -0.2) is 72.1 Å². The van der Waals surface area contributed by atoms with E-state index in [9.17, 15) is 9.18 Å². The number of ether oxygens (including phenoxy) is 2. The van der Waals surface area contributed by atoms with Gasteiger partial charge in [-0.1, -0.05) is 0 Å². The number of hydrogen-bond donors (Lipinski definition) is 2. The molecule has 1 saturated heterocycles. The maximum absolute atomic E-state index is 14.6. The third kappa shape index (κ3) is 5.51. The van der Waals surface area contributed by atoms with E-state index in [1.165, 1.54) is 24.9 Å². The lowest BCUT2D eigenvalue weighted by molar-refractivity contribution is -0.114. The van der Waals surface area contributed by atoms with Gasteiger partial charge in [-0.3, -0.25) is 15.0 Å². The van der Waals surface area contributed by atoms with E-state index in [1.54, 1.807) is 36.0 Å². The smallest absolute Gasteiger partial charge is 0.286 e. The molecule has 1 aliphatic rings. The van der Waals surface area contributed by atoms with Gasteiger partial charge in [-0.05, 0) is 57.1 Å². The van der Waals surface area contributed by atoms with Crippen molar-refractivity contribution in [3.05, 3.63) is 66.8 Å². The Morgan fingerprint density at radius 1 is 1.14 bits per heavy atom. The predicted octanol–water partition coefficient (Wildman–Crippen LogP) is 4.20. The number of rotatable bonds is 8. The summed E-state index contributed by atoms with van der Waals surface area (Å²) in [6.07, 6.45) is 9.11. The molecule has 5 heterocycles. The molecule has 0 spiro atoms. The summed E-state index contributed by atoms with van der Waals surface area (Å²) in [5.74, 6) is 0.116. The van der Waals surface area contributed by atoms with Gasteiger partial charge in [-0.25, -0.2) is 33.8 Å². The standard InChI is InChI=1S/C28H27FN10O3/c1-16-9-20(23(41-3)12-22(16)42-18-6-8-39-24(11-18)32-15-34-39)35-26-25-21(31-14-33-26)13-30-28(36-25)37-27(40)19(29)10-17-5-4-7-38(17)2/h6,8-15,17H,4-5,7H2,1-3H3,(H,31,33,35)(H,30,36,37,40)/b19-10+/t17-/m1/s1. The van der Waals surface area contributed by atoms with Crippen molar-refractivity contribution in [3.63, 3.8) is 0 Å². The number of amides is 1. The molecule has 0 unspecified atom stereocenters. The van der Waals surface area contributed by atoms with Crippen LogP contribution in [0.5, 0.6) is 17.2 Å². The Balaban J connectivity index is 1.24. The first-order valence-electron chi connectivity index (χ1n) is 13.2. The molecule has 5 aromatic rings. The highest BCUT2D eigenvalue weighted by atomic mass is 19.1. The van der Waals surface area contributed by atoms with Gasteiger partial charge in [0.1, 0.15) is 40.9 Å². The fraction of sp³-hybridized carbons (Fsp3) is 0.250. The average molecular weight is 571 g/mol. The molecule has 214 valence electrons. The van der Waals surface area contributed by atoms with Crippen molar-refractivity contribution in [1.82, 2.24) is 39.4 Å². The molecule has 0 saturated carbocycles. The van der Waals surface area contributed by atoms with E-state index in [0.29, 0.717) is 45.4 Å². The largest absolute Gasteiger partial charge is 0.494 e. The maximum atomic E-state index is 14.6. The Kier molecular flexibility index (Phi) is 7.27. The average Bonchev–Trinajstić information content (AvgIpc) is 3.62. The Labute approximate surface area is 239 Å². The molecular weight excluding hydrogens is 543 g/mol. The van der Waals surface area contributed by atoms with Crippen LogP contribution >= 0.6 is 0 Å². The molecule has 6 rings (SSSR count). The molecular formula is C28H27FN10O3. The van der Waals surface area contributed by atoms with E-state index in [4.69, 9.17) is 9.47 Å². The fourth-order valence-electron chi connectivity index (χ4n) is 4.72. The van der Waals surface area contributed by atoms with Crippen molar-refractivity contribution in [2.24, 2.45) is 0 Å². The Hall–Kier alpha value is -5.24. The van der Waals surface area contributed by atoms with Crippen molar-refractivity contribution in [2.45, 2.75) is 25.8 Å². The zero-order valence-corrected chi connectivity index (χ0v) is 23.1. The Morgan fingerprint density at radius 3 is 2.83 bits per heavy atom. The summed E-state index contributed by atoms with van der Waals surface area (Å²) in [6, 6.07) is 7.06. The minimum Gasteiger partial charge on any atom is -0.494 e. The first-order chi connectivity index (χ1) is 20.4. The molecule has 1 fully saturated rings. The summed E-state index contributed by atoms with van der Waals surface area (Å²) < 4.78 is 28.0. The zero-order chi connectivity index (χ0) is 29.2. The third-order valence-corrected chi connectivity index (χ3v) is 6.97. The summed E-state index contributed by atoms with van der Waals surface area (Å²) in [6.45, 7) is 2.76. The van der Waals surface area contributed by atoms with Crippen LogP contribution in [-0.2, 0) is 4.79 Å². The second-order valence-electron chi connectivity index (χ2n) is 9.78. The lowest BCUT2D eigenvalue weighted by Crippen LogP contribution is -2.24.